The molecule has 0 bridgehead atoms. The van der Waals surface area contributed by atoms with E-state index in [1.54, 1.807) is 0 Å². The molecule has 1 aromatic rings. The van der Waals surface area contributed by atoms with Crippen molar-refractivity contribution in [3.8, 4) is 0 Å². The van der Waals surface area contributed by atoms with E-state index in [1.807, 2.05) is 13.8 Å². The van der Waals surface area contributed by atoms with Crippen LogP contribution in [0.3, 0.4) is 0 Å². The fourth-order valence-electron chi connectivity index (χ4n) is 2.32. The predicted octanol–water partition coefficient (Wildman–Crippen LogP) is 3.04. The minimum Gasteiger partial charge on any atom is -0.392 e. The number of benzene rings is 1. The van der Waals surface area contributed by atoms with Gasteiger partial charge in [0.1, 0.15) is 0 Å². The Morgan fingerprint density at radius 2 is 2.24 bits per heavy atom. The third-order valence-corrected chi connectivity index (χ3v) is 4.30. The smallest absolute Gasteiger partial charge is 0.0687 e. The summed E-state index contributed by atoms with van der Waals surface area (Å²) in [6.45, 7) is 4.77. The van der Waals surface area contributed by atoms with Gasteiger partial charge >= 0.3 is 0 Å². The van der Waals surface area contributed by atoms with Crippen molar-refractivity contribution in [1.82, 2.24) is 5.32 Å². The number of hydrogen-bond donors (Lipinski definition) is 2. The molecule has 1 aromatic carbocycles. The molecule has 0 saturated heterocycles. The van der Waals surface area contributed by atoms with Crippen molar-refractivity contribution in [2.45, 2.75) is 38.8 Å². The van der Waals surface area contributed by atoms with Crippen LogP contribution in [-0.2, 0) is 6.42 Å². The van der Waals surface area contributed by atoms with E-state index in [1.165, 1.54) is 15.6 Å². The van der Waals surface area contributed by atoms with Gasteiger partial charge in [-0.2, -0.15) is 0 Å². The monoisotopic (exact) mass is 297 g/mol. The van der Waals surface area contributed by atoms with Gasteiger partial charge in [0.25, 0.3) is 0 Å². The molecule has 0 fully saturated rings. The van der Waals surface area contributed by atoms with Crippen molar-refractivity contribution in [3.05, 3.63) is 33.8 Å². The molecular weight excluding hydrogens is 278 g/mol. The molecule has 0 spiro atoms. The van der Waals surface area contributed by atoms with Gasteiger partial charge in [0.15, 0.2) is 0 Å². The Balaban J connectivity index is 2.00. The van der Waals surface area contributed by atoms with Crippen LogP contribution in [0.25, 0.3) is 0 Å². The van der Waals surface area contributed by atoms with Crippen LogP contribution in [0.15, 0.2) is 22.7 Å². The van der Waals surface area contributed by atoms with Crippen molar-refractivity contribution < 1.29 is 5.11 Å². The average Bonchev–Trinajstić information content (AvgIpc) is 2.70. The van der Waals surface area contributed by atoms with Crippen LogP contribution in [-0.4, -0.2) is 17.8 Å². The third kappa shape index (κ3) is 2.90. The third-order valence-electron chi connectivity index (χ3n) is 3.56. The number of halogens is 1. The highest BCUT2D eigenvalue weighted by Crippen LogP contribution is 2.35. The van der Waals surface area contributed by atoms with Gasteiger partial charge in [-0.05, 0) is 36.0 Å². The summed E-state index contributed by atoms with van der Waals surface area (Å²) in [7, 11) is 0. The molecule has 0 aromatic heterocycles. The molecule has 0 saturated carbocycles. The van der Waals surface area contributed by atoms with E-state index < -0.39 is 0 Å². The molecule has 1 aliphatic carbocycles. The lowest BCUT2D eigenvalue weighted by Gasteiger charge is -2.19. The summed E-state index contributed by atoms with van der Waals surface area (Å²) < 4.78 is 1.21. The number of fused-ring (bicyclic) bond motifs is 1. The van der Waals surface area contributed by atoms with Crippen molar-refractivity contribution in [2.24, 2.45) is 5.92 Å². The molecule has 1 aliphatic rings. The molecular formula is C14H20BrNO. The Kier molecular flexibility index (Phi) is 4.23. The van der Waals surface area contributed by atoms with E-state index >= 15 is 0 Å². The Bertz CT molecular complexity index is 392. The quantitative estimate of drug-likeness (QED) is 0.895. The van der Waals surface area contributed by atoms with Crippen LogP contribution < -0.4 is 5.32 Å². The van der Waals surface area contributed by atoms with E-state index in [0.29, 0.717) is 18.5 Å². The van der Waals surface area contributed by atoms with E-state index in [4.69, 9.17) is 0 Å². The molecule has 0 aliphatic heterocycles. The van der Waals surface area contributed by atoms with E-state index in [-0.39, 0.29) is 6.10 Å². The molecule has 2 rings (SSSR count). The fourth-order valence-corrected chi connectivity index (χ4v) is 2.90. The predicted molar refractivity (Wildman–Crippen MR) is 74.1 cm³/mol. The van der Waals surface area contributed by atoms with Gasteiger partial charge in [-0.1, -0.05) is 41.9 Å². The van der Waals surface area contributed by atoms with Crippen LogP contribution in [0.2, 0.25) is 0 Å². The summed E-state index contributed by atoms with van der Waals surface area (Å²) in [5, 5.41) is 13.3. The highest BCUT2D eigenvalue weighted by Gasteiger charge is 2.24. The molecule has 17 heavy (non-hydrogen) atoms. The maximum Gasteiger partial charge on any atom is 0.0687 e. The van der Waals surface area contributed by atoms with Crippen molar-refractivity contribution in [2.75, 3.05) is 6.54 Å². The first-order chi connectivity index (χ1) is 8.09. The summed E-state index contributed by atoms with van der Waals surface area (Å²) in [5.74, 6) is 0.311. The Hall–Kier alpha value is -0.380. The van der Waals surface area contributed by atoms with Gasteiger partial charge in [-0.15, -0.1) is 0 Å². The van der Waals surface area contributed by atoms with Crippen LogP contribution >= 0.6 is 15.9 Å². The maximum absolute atomic E-state index is 9.82. The van der Waals surface area contributed by atoms with Crippen LogP contribution in [0, 0.1) is 5.92 Å². The summed E-state index contributed by atoms with van der Waals surface area (Å²) in [4.78, 5) is 0. The lowest BCUT2D eigenvalue weighted by molar-refractivity contribution is 0.120. The number of nitrogens with one attached hydrogen (secondary N) is 1. The zero-order chi connectivity index (χ0) is 12.4. The van der Waals surface area contributed by atoms with E-state index in [0.717, 1.165) is 12.8 Å². The highest BCUT2D eigenvalue weighted by atomic mass is 79.9. The summed E-state index contributed by atoms with van der Waals surface area (Å²) >= 11 is 3.60. The zero-order valence-electron chi connectivity index (χ0n) is 10.4. The SMILES string of the molecule is CC(C)C(O)CNC1CCc2c(Br)cccc21. The molecule has 2 nitrogen and oxygen atoms in total. The van der Waals surface area contributed by atoms with E-state index in [2.05, 4.69) is 39.4 Å². The van der Waals surface area contributed by atoms with Crippen molar-refractivity contribution >= 4 is 15.9 Å². The normalized spacial score (nSPS) is 20.6. The lowest BCUT2D eigenvalue weighted by atomic mass is 10.1. The molecule has 2 unspecified atom stereocenters. The van der Waals surface area contributed by atoms with Gasteiger partial charge in [0.05, 0.1) is 6.10 Å². The summed E-state index contributed by atoms with van der Waals surface area (Å²) in [6, 6.07) is 6.77. The van der Waals surface area contributed by atoms with Gasteiger partial charge in [0.2, 0.25) is 0 Å². The second-order valence-electron chi connectivity index (χ2n) is 5.12. The number of aliphatic hydroxyl groups is 1. The Labute approximate surface area is 112 Å². The van der Waals surface area contributed by atoms with Gasteiger partial charge in [-0.25, -0.2) is 0 Å². The van der Waals surface area contributed by atoms with Gasteiger partial charge < -0.3 is 10.4 Å². The first-order valence-corrected chi connectivity index (χ1v) is 7.07. The van der Waals surface area contributed by atoms with Crippen LogP contribution in [0.4, 0.5) is 0 Å². The molecule has 2 N–H and O–H groups in total. The molecule has 0 heterocycles. The zero-order valence-corrected chi connectivity index (χ0v) is 12.0. The minimum atomic E-state index is -0.258. The Morgan fingerprint density at radius 1 is 1.47 bits per heavy atom. The molecule has 0 amide bonds. The largest absolute Gasteiger partial charge is 0.392 e. The van der Waals surface area contributed by atoms with E-state index in [9.17, 15) is 5.11 Å². The van der Waals surface area contributed by atoms with Crippen LogP contribution in [0.5, 0.6) is 0 Å². The number of rotatable bonds is 4. The van der Waals surface area contributed by atoms with Crippen LogP contribution in [0.1, 0.15) is 37.4 Å². The molecule has 2 atom stereocenters. The summed E-state index contributed by atoms with van der Waals surface area (Å²) in [5.41, 5.74) is 2.80. The summed E-state index contributed by atoms with van der Waals surface area (Å²) in [6.07, 6.45) is 1.99. The fraction of sp³-hybridized carbons (Fsp3) is 0.571. The standard InChI is InChI=1S/C14H20BrNO/c1-9(2)14(17)8-16-13-7-6-10-11(13)4-3-5-12(10)15/h3-5,9,13-14,16-17H,6-8H2,1-2H3. The first-order valence-electron chi connectivity index (χ1n) is 6.28. The number of aliphatic hydroxyl groups excluding tert-OH is 1. The van der Waals surface area contributed by atoms with Gasteiger partial charge in [-0.3, -0.25) is 0 Å². The highest BCUT2D eigenvalue weighted by molar-refractivity contribution is 9.10. The topological polar surface area (TPSA) is 32.3 Å². The molecule has 0 radical (unpaired) electrons. The average molecular weight is 298 g/mol. The minimum absolute atomic E-state index is 0.258. The second kappa shape index (κ2) is 5.51. The molecule has 94 valence electrons. The Morgan fingerprint density at radius 3 is 2.94 bits per heavy atom. The van der Waals surface area contributed by atoms with Crippen molar-refractivity contribution in [3.63, 3.8) is 0 Å². The maximum atomic E-state index is 9.82. The first kappa shape index (κ1) is 13.1. The lowest BCUT2D eigenvalue weighted by Crippen LogP contribution is -2.32. The molecule has 3 heteroatoms. The number of hydrogen-bond acceptors (Lipinski definition) is 2. The second-order valence-corrected chi connectivity index (χ2v) is 5.97. The van der Waals surface area contributed by atoms with Crippen molar-refractivity contribution in [1.29, 1.82) is 0 Å². The van der Waals surface area contributed by atoms with Gasteiger partial charge in [0, 0.05) is 17.1 Å².